The van der Waals surface area contributed by atoms with Crippen LogP contribution < -0.4 is 11.1 Å². The van der Waals surface area contributed by atoms with E-state index < -0.39 is 18.9 Å². The Labute approximate surface area is 91.1 Å². The van der Waals surface area contributed by atoms with E-state index in [1.807, 2.05) is 0 Å². The molecule has 7 heteroatoms. The van der Waals surface area contributed by atoms with Crippen LogP contribution in [0.2, 0.25) is 0 Å². The summed E-state index contributed by atoms with van der Waals surface area (Å²) in [6, 6.07) is 0.129. The van der Waals surface area contributed by atoms with E-state index in [9.17, 15) is 17.6 Å². The summed E-state index contributed by atoms with van der Waals surface area (Å²) < 4.78 is 48.5. The summed E-state index contributed by atoms with van der Waals surface area (Å²) in [6.45, 7) is -1.28. The van der Waals surface area contributed by atoms with Gasteiger partial charge in [0.25, 0.3) is 0 Å². The van der Waals surface area contributed by atoms with Crippen molar-refractivity contribution in [2.75, 3.05) is 6.54 Å². The van der Waals surface area contributed by atoms with Gasteiger partial charge < -0.3 is 11.1 Å². The number of alkyl halides is 4. The highest BCUT2D eigenvalue weighted by molar-refractivity contribution is 5.78. The van der Waals surface area contributed by atoms with E-state index in [0.717, 1.165) is 25.7 Å². The van der Waals surface area contributed by atoms with Crippen molar-refractivity contribution in [3.8, 4) is 0 Å². The number of nitrogens with zero attached hydrogens (tertiary/aromatic N) is 1. The summed E-state index contributed by atoms with van der Waals surface area (Å²) in [5, 5.41) is 2.74. The van der Waals surface area contributed by atoms with Crippen LogP contribution in [-0.2, 0) is 0 Å². The lowest BCUT2D eigenvalue weighted by atomic mass is 10.2. The first-order valence-electron chi connectivity index (χ1n) is 5.14. The molecule has 0 aromatic rings. The minimum Gasteiger partial charge on any atom is -0.370 e. The minimum absolute atomic E-state index is 0.129. The third-order valence-corrected chi connectivity index (χ3v) is 2.49. The smallest absolute Gasteiger partial charge is 0.326 e. The van der Waals surface area contributed by atoms with Crippen LogP contribution >= 0.6 is 0 Å². The predicted octanol–water partition coefficient (Wildman–Crippen LogP) is 1.73. The van der Waals surface area contributed by atoms with E-state index >= 15 is 0 Å². The quantitative estimate of drug-likeness (QED) is 0.447. The van der Waals surface area contributed by atoms with Gasteiger partial charge in [-0.1, -0.05) is 12.8 Å². The Kier molecular flexibility index (Phi) is 4.37. The van der Waals surface area contributed by atoms with Gasteiger partial charge in [-0.15, -0.1) is 0 Å². The van der Waals surface area contributed by atoms with Gasteiger partial charge in [0.1, 0.15) is 6.54 Å². The van der Waals surface area contributed by atoms with E-state index in [1.165, 1.54) is 0 Å². The van der Waals surface area contributed by atoms with Crippen LogP contribution in [0.15, 0.2) is 4.99 Å². The second-order valence-electron chi connectivity index (χ2n) is 3.89. The number of guanidine groups is 1. The number of halogens is 4. The van der Waals surface area contributed by atoms with Gasteiger partial charge in [-0.2, -0.15) is 8.78 Å². The minimum atomic E-state index is -4.11. The van der Waals surface area contributed by atoms with Crippen LogP contribution in [0.3, 0.4) is 0 Å². The Hall–Kier alpha value is -1.01. The molecule has 0 aromatic heterocycles. The summed E-state index contributed by atoms with van der Waals surface area (Å²) in [4.78, 5) is 3.23. The average molecular weight is 241 g/mol. The Bertz CT molecular complexity index is 249. The Morgan fingerprint density at radius 3 is 2.44 bits per heavy atom. The topological polar surface area (TPSA) is 50.4 Å². The van der Waals surface area contributed by atoms with Crippen LogP contribution in [0.4, 0.5) is 17.6 Å². The van der Waals surface area contributed by atoms with Crippen LogP contribution in [-0.4, -0.2) is 30.9 Å². The standard InChI is InChI=1S/C9H15F4N3/c10-7(11)9(12,13)5-15-8(14)16-6-3-1-2-4-6/h6-7H,1-5H2,(H3,14,15,16). The van der Waals surface area contributed by atoms with Crippen molar-refractivity contribution in [1.29, 1.82) is 0 Å². The fourth-order valence-corrected chi connectivity index (χ4v) is 1.58. The molecule has 0 atom stereocenters. The fraction of sp³-hybridized carbons (Fsp3) is 0.889. The molecule has 0 aromatic carbocycles. The van der Waals surface area contributed by atoms with Crippen molar-refractivity contribution in [2.24, 2.45) is 10.7 Å². The molecular weight excluding hydrogens is 226 g/mol. The van der Waals surface area contributed by atoms with Crippen molar-refractivity contribution in [1.82, 2.24) is 5.32 Å². The molecule has 0 aliphatic heterocycles. The van der Waals surface area contributed by atoms with Crippen molar-refractivity contribution in [3.63, 3.8) is 0 Å². The van der Waals surface area contributed by atoms with Crippen molar-refractivity contribution in [2.45, 2.75) is 44.1 Å². The molecule has 0 radical (unpaired) electrons. The molecule has 0 spiro atoms. The molecule has 1 aliphatic carbocycles. The SMILES string of the molecule is NC(=NCC(F)(F)C(F)F)NC1CCCC1. The highest BCUT2D eigenvalue weighted by Gasteiger charge is 2.40. The first-order chi connectivity index (χ1) is 7.42. The number of rotatable bonds is 4. The maximum atomic E-state index is 12.5. The molecule has 3 N–H and O–H groups in total. The summed E-state index contributed by atoms with van der Waals surface area (Å²) in [7, 11) is 0. The zero-order valence-electron chi connectivity index (χ0n) is 8.73. The molecule has 0 heterocycles. The van der Waals surface area contributed by atoms with Gasteiger partial charge in [-0.05, 0) is 12.8 Å². The van der Waals surface area contributed by atoms with E-state index in [0.29, 0.717) is 0 Å². The summed E-state index contributed by atoms with van der Waals surface area (Å²) in [5.74, 6) is -4.30. The summed E-state index contributed by atoms with van der Waals surface area (Å²) in [5.41, 5.74) is 5.32. The van der Waals surface area contributed by atoms with Gasteiger partial charge in [0.05, 0.1) is 0 Å². The highest BCUT2D eigenvalue weighted by atomic mass is 19.3. The van der Waals surface area contributed by atoms with Crippen LogP contribution in [0.25, 0.3) is 0 Å². The van der Waals surface area contributed by atoms with E-state index in [4.69, 9.17) is 5.73 Å². The average Bonchev–Trinajstić information content (AvgIpc) is 2.67. The van der Waals surface area contributed by atoms with Crippen LogP contribution in [0.5, 0.6) is 0 Å². The van der Waals surface area contributed by atoms with Gasteiger partial charge in [-0.3, -0.25) is 0 Å². The van der Waals surface area contributed by atoms with E-state index in [-0.39, 0.29) is 12.0 Å². The van der Waals surface area contributed by atoms with Crippen molar-refractivity contribution in [3.05, 3.63) is 0 Å². The molecule has 1 rings (SSSR count). The molecule has 0 saturated heterocycles. The van der Waals surface area contributed by atoms with Gasteiger partial charge in [0, 0.05) is 6.04 Å². The predicted molar refractivity (Wildman–Crippen MR) is 52.8 cm³/mol. The molecule has 0 bridgehead atoms. The van der Waals surface area contributed by atoms with Crippen molar-refractivity contribution < 1.29 is 17.6 Å². The Morgan fingerprint density at radius 1 is 1.38 bits per heavy atom. The molecule has 1 aliphatic rings. The third kappa shape index (κ3) is 3.86. The lowest BCUT2D eigenvalue weighted by molar-refractivity contribution is -0.120. The Balaban J connectivity index is 2.38. The molecule has 1 fully saturated rings. The fourth-order valence-electron chi connectivity index (χ4n) is 1.58. The maximum absolute atomic E-state index is 12.5. The first kappa shape index (κ1) is 13.1. The first-order valence-corrected chi connectivity index (χ1v) is 5.14. The van der Waals surface area contributed by atoms with Crippen LogP contribution in [0.1, 0.15) is 25.7 Å². The second-order valence-corrected chi connectivity index (χ2v) is 3.89. The maximum Gasteiger partial charge on any atom is 0.326 e. The van der Waals surface area contributed by atoms with Crippen molar-refractivity contribution >= 4 is 5.96 Å². The number of nitrogens with one attached hydrogen (secondary N) is 1. The second kappa shape index (κ2) is 5.36. The van der Waals surface area contributed by atoms with Gasteiger partial charge in [-0.25, -0.2) is 13.8 Å². The van der Waals surface area contributed by atoms with Gasteiger partial charge >= 0.3 is 12.3 Å². The van der Waals surface area contributed by atoms with Gasteiger partial charge in [0.2, 0.25) is 0 Å². The number of nitrogens with two attached hydrogens (primary N) is 1. The molecule has 3 nitrogen and oxygen atoms in total. The summed E-state index contributed by atoms with van der Waals surface area (Å²) >= 11 is 0. The molecule has 1 saturated carbocycles. The summed E-state index contributed by atoms with van der Waals surface area (Å²) in [6.07, 6.45) is 0.203. The normalized spacial score (nSPS) is 19.4. The highest BCUT2D eigenvalue weighted by Crippen LogP contribution is 2.22. The molecule has 94 valence electrons. The van der Waals surface area contributed by atoms with E-state index in [1.54, 1.807) is 0 Å². The lowest BCUT2D eigenvalue weighted by Gasteiger charge is -2.15. The number of hydrogen-bond acceptors (Lipinski definition) is 1. The third-order valence-electron chi connectivity index (χ3n) is 2.49. The largest absolute Gasteiger partial charge is 0.370 e. The van der Waals surface area contributed by atoms with Gasteiger partial charge in [0.15, 0.2) is 5.96 Å². The zero-order valence-corrected chi connectivity index (χ0v) is 8.73. The monoisotopic (exact) mass is 241 g/mol. The zero-order chi connectivity index (χ0) is 12.2. The number of hydrogen-bond donors (Lipinski definition) is 2. The molecule has 16 heavy (non-hydrogen) atoms. The lowest BCUT2D eigenvalue weighted by Crippen LogP contribution is -2.40. The molecular formula is C9H15F4N3. The molecule has 0 unspecified atom stereocenters. The van der Waals surface area contributed by atoms with E-state index in [2.05, 4.69) is 10.3 Å². The number of aliphatic imine (C=N–C) groups is 1. The molecule has 0 amide bonds. The van der Waals surface area contributed by atoms with Crippen LogP contribution in [0, 0.1) is 0 Å². The Morgan fingerprint density at radius 2 is 1.94 bits per heavy atom.